The van der Waals surface area contributed by atoms with Gasteiger partial charge >= 0.3 is 0 Å². The van der Waals surface area contributed by atoms with Crippen molar-refractivity contribution in [2.24, 2.45) is 0 Å². The van der Waals surface area contributed by atoms with Crippen LogP contribution in [-0.4, -0.2) is 36.9 Å². The Kier molecular flexibility index (Phi) is 4.56. The van der Waals surface area contributed by atoms with Crippen LogP contribution in [0.1, 0.15) is 45.3 Å². The molecule has 2 heterocycles. The highest BCUT2D eigenvalue weighted by Gasteiger charge is 2.33. The molecular formula is C14H25N3O2S. The van der Waals surface area contributed by atoms with Gasteiger partial charge in [0.05, 0.1) is 0 Å². The molecule has 1 aromatic rings. The Hall–Kier alpha value is -0.850. The van der Waals surface area contributed by atoms with E-state index < -0.39 is 10.0 Å². The third-order valence-electron chi connectivity index (χ3n) is 3.92. The van der Waals surface area contributed by atoms with E-state index in [1.54, 1.807) is 16.6 Å². The van der Waals surface area contributed by atoms with E-state index in [1.807, 2.05) is 18.5 Å². The summed E-state index contributed by atoms with van der Waals surface area (Å²) in [6.07, 6.45) is 3.68. The number of nitrogens with zero attached hydrogens (tertiary/aromatic N) is 2. The van der Waals surface area contributed by atoms with Crippen LogP contribution in [0.15, 0.2) is 17.2 Å². The summed E-state index contributed by atoms with van der Waals surface area (Å²) in [6.45, 7) is 7.42. The van der Waals surface area contributed by atoms with Gasteiger partial charge in [0.25, 0.3) is 0 Å². The molecule has 1 saturated heterocycles. The van der Waals surface area contributed by atoms with Crippen LogP contribution < -0.4 is 5.32 Å². The van der Waals surface area contributed by atoms with Gasteiger partial charge in [0.1, 0.15) is 4.90 Å². The Morgan fingerprint density at radius 1 is 1.45 bits per heavy atom. The molecule has 2 rings (SSSR count). The molecule has 20 heavy (non-hydrogen) atoms. The van der Waals surface area contributed by atoms with E-state index in [2.05, 4.69) is 19.2 Å². The Balaban J connectivity index is 2.39. The number of nitrogens with one attached hydrogen (secondary N) is 1. The number of aromatic nitrogens is 1. The molecule has 1 fully saturated rings. The molecule has 5 nitrogen and oxygen atoms in total. The van der Waals surface area contributed by atoms with E-state index in [0.29, 0.717) is 18.0 Å². The highest BCUT2D eigenvalue weighted by molar-refractivity contribution is 7.89. The molecule has 1 unspecified atom stereocenters. The number of hydrogen-bond acceptors (Lipinski definition) is 3. The van der Waals surface area contributed by atoms with Gasteiger partial charge in [0, 0.05) is 37.1 Å². The van der Waals surface area contributed by atoms with Gasteiger partial charge in [-0.1, -0.05) is 0 Å². The van der Waals surface area contributed by atoms with Crippen molar-refractivity contribution >= 4 is 10.0 Å². The molecule has 0 radical (unpaired) electrons. The topological polar surface area (TPSA) is 54.3 Å². The standard InChI is InChI=1S/C14H25N3O2S/c1-11(2)16-10-14(8-13(16)9-15-4)20(18,19)17-7-5-6-12(17)3/h8,10-12,15H,5-7,9H2,1-4H3. The molecule has 0 spiro atoms. The van der Waals surface area contributed by atoms with E-state index in [4.69, 9.17) is 0 Å². The summed E-state index contributed by atoms with van der Waals surface area (Å²) in [5.74, 6) is 0. The van der Waals surface area contributed by atoms with Crippen molar-refractivity contribution < 1.29 is 8.42 Å². The second-order valence-electron chi connectivity index (χ2n) is 5.81. The number of sulfonamides is 1. The zero-order valence-electron chi connectivity index (χ0n) is 12.8. The fourth-order valence-electron chi connectivity index (χ4n) is 2.84. The van der Waals surface area contributed by atoms with Gasteiger partial charge in [-0.3, -0.25) is 0 Å². The summed E-state index contributed by atoms with van der Waals surface area (Å²) in [5, 5.41) is 3.09. The van der Waals surface area contributed by atoms with Crippen LogP contribution in [0.25, 0.3) is 0 Å². The minimum absolute atomic E-state index is 0.107. The Morgan fingerprint density at radius 3 is 2.65 bits per heavy atom. The van der Waals surface area contributed by atoms with E-state index in [0.717, 1.165) is 18.5 Å². The summed E-state index contributed by atoms with van der Waals surface area (Å²) >= 11 is 0. The van der Waals surface area contributed by atoms with Crippen molar-refractivity contribution in [1.82, 2.24) is 14.2 Å². The SMILES string of the molecule is CNCc1cc(S(=O)(=O)N2CCCC2C)cn1C(C)C. The lowest BCUT2D eigenvalue weighted by Gasteiger charge is -2.20. The quantitative estimate of drug-likeness (QED) is 0.904. The van der Waals surface area contributed by atoms with Gasteiger partial charge in [-0.05, 0) is 46.7 Å². The van der Waals surface area contributed by atoms with Crippen LogP contribution in [0.3, 0.4) is 0 Å². The summed E-state index contributed by atoms with van der Waals surface area (Å²) in [5.41, 5.74) is 1.01. The van der Waals surface area contributed by atoms with Gasteiger partial charge in [0.15, 0.2) is 0 Å². The van der Waals surface area contributed by atoms with Gasteiger partial charge in [-0.25, -0.2) is 8.42 Å². The van der Waals surface area contributed by atoms with Crippen molar-refractivity contribution in [2.75, 3.05) is 13.6 Å². The Labute approximate surface area is 122 Å². The highest BCUT2D eigenvalue weighted by Crippen LogP contribution is 2.28. The predicted octanol–water partition coefficient (Wildman–Crippen LogP) is 1.96. The molecule has 0 bridgehead atoms. The smallest absolute Gasteiger partial charge is 0.244 e. The summed E-state index contributed by atoms with van der Waals surface area (Å²) in [7, 11) is -1.49. The molecule has 1 aliphatic rings. The van der Waals surface area contributed by atoms with Gasteiger partial charge in [-0.2, -0.15) is 4.31 Å². The molecule has 6 heteroatoms. The maximum Gasteiger partial charge on any atom is 0.244 e. The zero-order valence-corrected chi connectivity index (χ0v) is 13.6. The van der Waals surface area contributed by atoms with E-state index >= 15 is 0 Å². The molecule has 114 valence electrons. The van der Waals surface area contributed by atoms with Gasteiger partial charge in [0.2, 0.25) is 10.0 Å². The fourth-order valence-corrected chi connectivity index (χ4v) is 4.59. The summed E-state index contributed by atoms with van der Waals surface area (Å²) in [6, 6.07) is 2.16. The maximum absolute atomic E-state index is 12.7. The average Bonchev–Trinajstić information content (AvgIpc) is 2.96. The third kappa shape index (κ3) is 2.77. The Morgan fingerprint density at radius 2 is 2.15 bits per heavy atom. The first-order chi connectivity index (χ1) is 9.37. The predicted molar refractivity (Wildman–Crippen MR) is 80.2 cm³/mol. The zero-order chi connectivity index (χ0) is 14.9. The van der Waals surface area contributed by atoms with Gasteiger partial charge in [-0.15, -0.1) is 0 Å². The molecule has 1 atom stereocenters. The third-order valence-corrected chi connectivity index (χ3v) is 5.90. The fraction of sp³-hybridized carbons (Fsp3) is 0.714. The molecule has 0 aromatic carbocycles. The van der Waals surface area contributed by atoms with Gasteiger partial charge < -0.3 is 9.88 Å². The van der Waals surface area contributed by atoms with E-state index in [-0.39, 0.29) is 12.1 Å². The van der Waals surface area contributed by atoms with Crippen molar-refractivity contribution in [3.63, 3.8) is 0 Å². The normalized spacial score (nSPS) is 20.9. The van der Waals surface area contributed by atoms with E-state index in [9.17, 15) is 8.42 Å². The van der Waals surface area contributed by atoms with Crippen molar-refractivity contribution in [2.45, 2.75) is 57.1 Å². The minimum atomic E-state index is -3.36. The van der Waals surface area contributed by atoms with E-state index in [1.165, 1.54) is 0 Å². The first-order valence-electron chi connectivity index (χ1n) is 7.25. The molecule has 0 saturated carbocycles. The molecule has 1 aliphatic heterocycles. The molecule has 1 N–H and O–H groups in total. The monoisotopic (exact) mass is 299 g/mol. The molecular weight excluding hydrogens is 274 g/mol. The average molecular weight is 299 g/mol. The molecule has 1 aromatic heterocycles. The summed E-state index contributed by atoms with van der Waals surface area (Å²) in [4.78, 5) is 0.421. The minimum Gasteiger partial charge on any atom is -0.346 e. The summed E-state index contributed by atoms with van der Waals surface area (Å²) < 4.78 is 29.1. The lowest BCUT2D eigenvalue weighted by Crippen LogP contribution is -2.33. The molecule has 0 amide bonds. The largest absolute Gasteiger partial charge is 0.346 e. The van der Waals surface area contributed by atoms with Crippen molar-refractivity contribution in [1.29, 1.82) is 0 Å². The maximum atomic E-state index is 12.7. The van der Waals surface area contributed by atoms with Crippen LogP contribution in [0.4, 0.5) is 0 Å². The van der Waals surface area contributed by atoms with Crippen LogP contribution >= 0.6 is 0 Å². The van der Waals surface area contributed by atoms with Crippen LogP contribution in [0.2, 0.25) is 0 Å². The second-order valence-corrected chi connectivity index (χ2v) is 7.70. The molecule has 0 aliphatic carbocycles. The first-order valence-corrected chi connectivity index (χ1v) is 8.69. The number of rotatable bonds is 5. The van der Waals surface area contributed by atoms with Crippen LogP contribution in [0, 0.1) is 0 Å². The first kappa shape index (κ1) is 15.5. The second kappa shape index (κ2) is 5.87. The Bertz CT molecular complexity index is 563. The van der Waals surface area contributed by atoms with Crippen LogP contribution in [0.5, 0.6) is 0 Å². The lowest BCUT2D eigenvalue weighted by atomic mass is 10.3. The highest BCUT2D eigenvalue weighted by atomic mass is 32.2. The van der Waals surface area contributed by atoms with Crippen molar-refractivity contribution in [3.05, 3.63) is 18.0 Å². The van der Waals surface area contributed by atoms with Crippen LogP contribution in [-0.2, 0) is 16.6 Å². The lowest BCUT2D eigenvalue weighted by molar-refractivity contribution is 0.408. The van der Waals surface area contributed by atoms with Crippen molar-refractivity contribution in [3.8, 4) is 0 Å². The number of hydrogen-bond donors (Lipinski definition) is 1.